The van der Waals surface area contributed by atoms with E-state index in [2.05, 4.69) is 12.2 Å². The lowest BCUT2D eigenvalue weighted by Crippen LogP contribution is -2.38. The lowest BCUT2D eigenvalue weighted by Gasteiger charge is -2.25. The average molecular weight is 242 g/mol. The van der Waals surface area contributed by atoms with Crippen LogP contribution in [0.25, 0.3) is 0 Å². The summed E-state index contributed by atoms with van der Waals surface area (Å²) in [7, 11) is 0. The fraction of sp³-hybridized carbons (Fsp3) is 0.538. The average Bonchev–Trinajstić information content (AvgIpc) is 2.68. The normalized spacial score (nSPS) is 18.9. The molecule has 1 fully saturated rings. The molecular formula is C13H17ClFN. The zero-order chi connectivity index (χ0) is 11.6. The van der Waals surface area contributed by atoms with Crippen LogP contribution in [-0.4, -0.2) is 5.54 Å². The highest BCUT2D eigenvalue weighted by Gasteiger charge is 2.27. The lowest BCUT2D eigenvalue weighted by atomic mass is 10.0. The quantitative estimate of drug-likeness (QED) is 0.846. The van der Waals surface area contributed by atoms with Crippen molar-refractivity contribution < 1.29 is 4.39 Å². The summed E-state index contributed by atoms with van der Waals surface area (Å²) in [6.45, 7) is 2.77. The van der Waals surface area contributed by atoms with E-state index in [9.17, 15) is 4.39 Å². The van der Waals surface area contributed by atoms with Crippen LogP contribution < -0.4 is 5.32 Å². The Labute approximate surface area is 101 Å². The molecule has 1 aromatic carbocycles. The first-order valence-electron chi connectivity index (χ1n) is 5.79. The Morgan fingerprint density at radius 2 is 2.06 bits per heavy atom. The molecule has 0 amide bonds. The Balaban J connectivity index is 2.02. The Kier molecular flexibility index (Phi) is 3.50. The third-order valence-electron chi connectivity index (χ3n) is 3.44. The summed E-state index contributed by atoms with van der Waals surface area (Å²) < 4.78 is 13.6. The predicted molar refractivity (Wildman–Crippen MR) is 65.1 cm³/mol. The SMILES string of the molecule is CC1(NCc2cccc(Cl)c2F)CCCC1. The second kappa shape index (κ2) is 4.72. The molecule has 0 unspecified atom stereocenters. The van der Waals surface area contributed by atoms with E-state index < -0.39 is 0 Å². The van der Waals surface area contributed by atoms with Crippen molar-refractivity contribution in [2.24, 2.45) is 0 Å². The fourth-order valence-electron chi connectivity index (χ4n) is 2.33. The maximum atomic E-state index is 13.6. The van der Waals surface area contributed by atoms with E-state index in [1.807, 2.05) is 0 Å². The van der Waals surface area contributed by atoms with E-state index in [1.165, 1.54) is 25.7 Å². The third kappa shape index (κ3) is 2.55. The van der Waals surface area contributed by atoms with Gasteiger partial charge in [-0.3, -0.25) is 0 Å². The summed E-state index contributed by atoms with van der Waals surface area (Å²) >= 11 is 5.74. The molecule has 0 heterocycles. The van der Waals surface area contributed by atoms with Crippen LogP contribution in [0.5, 0.6) is 0 Å². The van der Waals surface area contributed by atoms with Crippen molar-refractivity contribution in [1.82, 2.24) is 5.32 Å². The molecule has 0 spiro atoms. The van der Waals surface area contributed by atoms with Crippen LogP contribution in [0.4, 0.5) is 4.39 Å². The minimum Gasteiger partial charge on any atom is -0.307 e. The van der Waals surface area contributed by atoms with E-state index in [-0.39, 0.29) is 16.4 Å². The van der Waals surface area contributed by atoms with Crippen LogP contribution in [-0.2, 0) is 6.54 Å². The second-order valence-electron chi connectivity index (χ2n) is 4.83. The fourth-order valence-corrected chi connectivity index (χ4v) is 2.52. The van der Waals surface area contributed by atoms with Gasteiger partial charge in [0.2, 0.25) is 0 Å². The van der Waals surface area contributed by atoms with Crippen molar-refractivity contribution in [3.05, 3.63) is 34.6 Å². The van der Waals surface area contributed by atoms with Gasteiger partial charge in [0.1, 0.15) is 5.82 Å². The van der Waals surface area contributed by atoms with Gasteiger partial charge in [0, 0.05) is 17.6 Å². The molecule has 0 radical (unpaired) electrons. The van der Waals surface area contributed by atoms with Crippen LogP contribution in [0.1, 0.15) is 38.2 Å². The molecule has 1 aliphatic carbocycles. The summed E-state index contributed by atoms with van der Waals surface area (Å²) in [5.41, 5.74) is 0.829. The highest BCUT2D eigenvalue weighted by molar-refractivity contribution is 6.30. The van der Waals surface area contributed by atoms with Gasteiger partial charge in [-0.25, -0.2) is 4.39 Å². The minimum absolute atomic E-state index is 0.175. The van der Waals surface area contributed by atoms with E-state index in [0.717, 1.165) is 0 Å². The molecule has 0 bridgehead atoms. The number of hydrogen-bond donors (Lipinski definition) is 1. The smallest absolute Gasteiger partial charge is 0.146 e. The van der Waals surface area contributed by atoms with Crippen LogP contribution in [0, 0.1) is 5.82 Å². The first-order chi connectivity index (χ1) is 7.61. The number of rotatable bonds is 3. The lowest BCUT2D eigenvalue weighted by molar-refractivity contribution is 0.359. The number of nitrogens with one attached hydrogen (secondary N) is 1. The van der Waals surface area contributed by atoms with Gasteiger partial charge in [0.05, 0.1) is 5.02 Å². The van der Waals surface area contributed by atoms with E-state index in [4.69, 9.17) is 11.6 Å². The van der Waals surface area contributed by atoms with Crippen molar-refractivity contribution in [3.63, 3.8) is 0 Å². The first-order valence-corrected chi connectivity index (χ1v) is 6.16. The zero-order valence-electron chi connectivity index (χ0n) is 9.52. The third-order valence-corrected chi connectivity index (χ3v) is 3.74. The maximum absolute atomic E-state index is 13.6. The number of hydrogen-bond acceptors (Lipinski definition) is 1. The van der Waals surface area contributed by atoms with Gasteiger partial charge in [0.15, 0.2) is 0 Å². The van der Waals surface area contributed by atoms with Crippen LogP contribution in [0.2, 0.25) is 5.02 Å². The summed E-state index contributed by atoms with van der Waals surface area (Å²) in [5, 5.41) is 3.65. The van der Waals surface area contributed by atoms with Crippen molar-refractivity contribution in [2.45, 2.75) is 44.7 Å². The molecule has 16 heavy (non-hydrogen) atoms. The summed E-state index contributed by atoms with van der Waals surface area (Å²) in [6.07, 6.45) is 4.88. The molecule has 1 aromatic rings. The molecule has 0 saturated heterocycles. The Bertz CT molecular complexity index is 372. The topological polar surface area (TPSA) is 12.0 Å². The highest BCUT2D eigenvalue weighted by Crippen LogP contribution is 2.29. The molecule has 3 heteroatoms. The molecule has 88 valence electrons. The molecule has 1 aliphatic rings. The molecule has 0 atom stereocenters. The summed E-state index contributed by atoms with van der Waals surface area (Å²) in [4.78, 5) is 0. The van der Waals surface area contributed by atoms with Crippen LogP contribution in [0.15, 0.2) is 18.2 Å². The molecule has 2 rings (SSSR count). The molecule has 0 aromatic heterocycles. The zero-order valence-corrected chi connectivity index (χ0v) is 10.3. The summed E-state index contributed by atoms with van der Waals surface area (Å²) in [5.74, 6) is -0.293. The van der Waals surface area contributed by atoms with Gasteiger partial charge in [-0.15, -0.1) is 0 Å². The molecule has 1 N–H and O–H groups in total. The van der Waals surface area contributed by atoms with E-state index in [0.29, 0.717) is 12.1 Å². The molecule has 0 aliphatic heterocycles. The van der Waals surface area contributed by atoms with Crippen molar-refractivity contribution in [1.29, 1.82) is 0 Å². The largest absolute Gasteiger partial charge is 0.307 e. The number of benzene rings is 1. The van der Waals surface area contributed by atoms with Gasteiger partial charge in [-0.05, 0) is 25.8 Å². The van der Waals surface area contributed by atoms with Crippen molar-refractivity contribution in [2.75, 3.05) is 0 Å². The van der Waals surface area contributed by atoms with E-state index in [1.54, 1.807) is 18.2 Å². The standard InChI is InChI=1S/C13H17ClFN/c1-13(7-2-3-8-13)16-9-10-5-4-6-11(14)12(10)15/h4-6,16H,2-3,7-9H2,1H3. The summed E-state index contributed by atoms with van der Waals surface area (Å²) in [6, 6.07) is 5.16. The maximum Gasteiger partial charge on any atom is 0.146 e. The van der Waals surface area contributed by atoms with Gasteiger partial charge in [0.25, 0.3) is 0 Å². The molecule has 1 saturated carbocycles. The minimum atomic E-state index is -0.293. The molecular weight excluding hydrogens is 225 g/mol. The van der Waals surface area contributed by atoms with Crippen molar-refractivity contribution in [3.8, 4) is 0 Å². The first kappa shape index (κ1) is 11.9. The van der Waals surface area contributed by atoms with Gasteiger partial charge >= 0.3 is 0 Å². The molecule has 1 nitrogen and oxygen atoms in total. The Morgan fingerprint density at radius 3 is 2.75 bits per heavy atom. The monoisotopic (exact) mass is 241 g/mol. The van der Waals surface area contributed by atoms with Crippen LogP contribution >= 0.6 is 11.6 Å². The van der Waals surface area contributed by atoms with Crippen molar-refractivity contribution >= 4 is 11.6 Å². The van der Waals surface area contributed by atoms with Crippen LogP contribution in [0.3, 0.4) is 0 Å². The Morgan fingerprint density at radius 1 is 1.38 bits per heavy atom. The predicted octanol–water partition coefficient (Wildman–Crippen LogP) is 3.90. The van der Waals surface area contributed by atoms with Gasteiger partial charge in [-0.2, -0.15) is 0 Å². The highest BCUT2D eigenvalue weighted by atomic mass is 35.5. The van der Waals surface area contributed by atoms with Gasteiger partial charge < -0.3 is 5.32 Å². The van der Waals surface area contributed by atoms with E-state index >= 15 is 0 Å². The second-order valence-corrected chi connectivity index (χ2v) is 5.24. The Hall–Kier alpha value is -0.600. The van der Waals surface area contributed by atoms with Gasteiger partial charge in [-0.1, -0.05) is 36.6 Å². The number of halogens is 2.